The number of nitrogens with zero attached hydrogens (tertiary/aromatic N) is 2. The molecule has 0 bridgehead atoms. The van der Waals surface area contributed by atoms with Crippen molar-refractivity contribution in [2.24, 2.45) is 0 Å². The van der Waals surface area contributed by atoms with E-state index in [0.29, 0.717) is 0 Å². The Morgan fingerprint density at radius 3 is 1.94 bits per heavy atom. The lowest BCUT2D eigenvalue weighted by Crippen LogP contribution is -2.29. The van der Waals surface area contributed by atoms with E-state index in [9.17, 15) is 0 Å². The standard InChI is InChI=1S/C8H11N.C7H15N/c1-9(2)8-6-4-3-5-7-8;1-2-8-6-4-3-5-7-8/h3-7H,1-2H3;2-7H2,1H3. The summed E-state index contributed by atoms with van der Waals surface area (Å²) in [5, 5.41) is 0. The number of para-hydroxylation sites is 1. The van der Waals surface area contributed by atoms with Crippen molar-refractivity contribution >= 4 is 5.69 Å². The molecule has 2 heteroatoms. The van der Waals surface area contributed by atoms with E-state index in [0.717, 1.165) is 0 Å². The van der Waals surface area contributed by atoms with Gasteiger partial charge in [0.15, 0.2) is 0 Å². The summed E-state index contributed by atoms with van der Waals surface area (Å²) in [5.41, 5.74) is 1.25. The van der Waals surface area contributed by atoms with E-state index >= 15 is 0 Å². The highest BCUT2D eigenvalue weighted by Crippen LogP contribution is 2.07. The van der Waals surface area contributed by atoms with Crippen LogP contribution in [0, 0.1) is 0 Å². The molecule has 1 aliphatic heterocycles. The summed E-state index contributed by atoms with van der Waals surface area (Å²) in [6.07, 6.45) is 4.30. The Balaban J connectivity index is 0.000000171. The highest BCUT2D eigenvalue weighted by Gasteiger charge is 2.05. The van der Waals surface area contributed by atoms with Crippen LogP contribution in [-0.4, -0.2) is 38.6 Å². The first-order valence-electron chi connectivity index (χ1n) is 6.68. The van der Waals surface area contributed by atoms with Gasteiger partial charge in [0.2, 0.25) is 0 Å². The first kappa shape index (κ1) is 14.0. The zero-order valence-corrected chi connectivity index (χ0v) is 11.5. The number of hydrogen-bond donors (Lipinski definition) is 0. The fourth-order valence-corrected chi connectivity index (χ4v) is 2.00. The molecule has 17 heavy (non-hydrogen) atoms. The van der Waals surface area contributed by atoms with Gasteiger partial charge in [-0.15, -0.1) is 0 Å². The van der Waals surface area contributed by atoms with Gasteiger partial charge < -0.3 is 9.80 Å². The molecule has 0 N–H and O–H groups in total. The zero-order valence-electron chi connectivity index (χ0n) is 11.5. The molecular formula is C15H26N2. The van der Waals surface area contributed by atoms with Crippen LogP contribution in [0.4, 0.5) is 5.69 Å². The lowest BCUT2D eigenvalue weighted by atomic mass is 10.1. The van der Waals surface area contributed by atoms with Crippen molar-refractivity contribution in [2.45, 2.75) is 26.2 Å². The SMILES string of the molecule is CCN1CCCCC1.CN(C)c1ccccc1. The normalized spacial score (nSPS) is 15.9. The Labute approximate surface area is 106 Å². The number of piperidine rings is 1. The van der Waals surface area contributed by atoms with E-state index < -0.39 is 0 Å². The largest absolute Gasteiger partial charge is 0.378 e. The molecule has 0 radical (unpaired) electrons. The predicted octanol–water partition coefficient (Wildman–Crippen LogP) is 3.24. The third-order valence-corrected chi connectivity index (χ3v) is 3.17. The maximum absolute atomic E-state index is 2.52. The molecule has 96 valence electrons. The van der Waals surface area contributed by atoms with Gasteiger partial charge >= 0.3 is 0 Å². The van der Waals surface area contributed by atoms with Gasteiger partial charge in [0.1, 0.15) is 0 Å². The van der Waals surface area contributed by atoms with Crippen molar-refractivity contribution in [3.05, 3.63) is 30.3 Å². The van der Waals surface area contributed by atoms with E-state index in [2.05, 4.69) is 28.9 Å². The van der Waals surface area contributed by atoms with Crippen molar-refractivity contribution in [3.63, 3.8) is 0 Å². The molecule has 0 unspecified atom stereocenters. The van der Waals surface area contributed by atoms with E-state index in [1.165, 1.54) is 44.6 Å². The Hall–Kier alpha value is -1.02. The topological polar surface area (TPSA) is 6.48 Å². The fraction of sp³-hybridized carbons (Fsp3) is 0.600. The molecule has 2 nitrogen and oxygen atoms in total. The van der Waals surface area contributed by atoms with Crippen molar-refractivity contribution in [2.75, 3.05) is 38.6 Å². The molecule has 1 saturated heterocycles. The summed E-state index contributed by atoms with van der Waals surface area (Å²) in [6.45, 7) is 6.18. The minimum absolute atomic E-state index is 1.25. The van der Waals surface area contributed by atoms with Gasteiger partial charge in [-0.2, -0.15) is 0 Å². The zero-order chi connectivity index (χ0) is 12.5. The summed E-state index contributed by atoms with van der Waals surface area (Å²) in [4.78, 5) is 4.60. The number of benzene rings is 1. The highest BCUT2D eigenvalue weighted by molar-refractivity contribution is 5.43. The van der Waals surface area contributed by atoms with Crippen molar-refractivity contribution in [1.29, 1.82) is 0 Å². The van der Waals surface area contributed by atoms with Gasteiger partial charge in [0, 0.05) is 19.8 Å². The highest BCUT2D eigenvalue weighted by atomic mass is 15.1. The Bertz CT molecular complexity index is 276. The molecule has 0 aromatic heterocycles. The Morgan fingerprint density at radius 1 is 1.00 bits per heavy atom. The minimum atomic E-state index is 1.25. The molecule has 0 atom stereocenters. The number of anilines is 1. The molecule has 0 amide bonds. The number of hydrogen-bond acceptors (Lipinski definition) is 2. The van der Waals surface area contributed by atoms with Crippen molar-refractivity contribution in [3.8, 4) is 0 Å². The number of rotatable bonds is 2. The maximum atomic E-state index is 2.52. The molecule has 0 saturated carbocycles. The third kappa shape index (κ3) is 5.73. The van der Waals surface area contributed by atoms with Crippen LogP contribution in [0.2, 0.25) is 0 Å². The van der Waals surface area contributed by atoms with Gasteiger partial charge in [-0.25, -0.2) is 0 Å². The maximum Gasteiger partial charge on any atom is 0.0360 e. The van der Waals surface area contributed by atoms with Crippen molar-refractivity contribution in [1.82, 2.24) is 4.90 Å². The lowest BCUT2D eigenvalue weighted by molar-refractivity contribution is 0.240. The van der Waals surface area contributed by atoms with Crippen LogP contribution < -0.4 is 4.90 Å². The molecule has 1 aliphatic rings. The fourth-order valence-electron chi connectivity index (χ4n) is 2.00. The van der Waals surface area contributed by atoms with E-state index in [1.807, 2.05) is 32.3 Å². The van der Waals surface area contributed by atoms with Crippen LogP contribution in [0.25, 0.3) is 0 Å². The Kier molecular flexibility index (Phi) is 6.71. The quantitative estimate of drug-likeness (QED) is 0.775. The summed E-state index contributed by atoms with van der Waals surface area (Å²) in [6, 6.07) is 10.3. The second-order valence-electron chi connectivity index (χ2n) is 4.72. The average Bonchev–Trinajstić information content (AvgIpc) is 2.41. The molecule has 1 aromatic rings. The Morgan fingerprint density at radius 2 is 1.59 bits per heavy atom. The smallest absolute Gasteiger partial charge is 0.0360 e. The van der Waals surface area contributed by atoms with Crippen LogP contribution in [0.15, 0.2) is 30.3 Å². The van der Waals surface area contributed by atoms with Crippen molar-refractivity contribution < 1.29 is 0 Å². The van der Waals surface area contributed by atoms with Crippen LogP contribution in [0.1, 0.15) is 26.2 Å². The predicted molar refractivity (Wildman–Crippen MR) is 76.7 cm³/mol. The lowest BCUT2D eigenvalue weighted by Gasteiger charge is -2.24. The van der Waals surface area contributed by atoms with E-state index in [-0.39, 0.29) is 0 Å². The minimum Gasteiger partial charge on any atom is -0.378 e. The summed E-state index contributed by atoms with van der Waals surface area (Å²) >= 11 is 0. The second kappa shape index (κ2) is 8.13. The third-order valence-electron chi connectivity index (χ3n) is 3.17. The molecule has 0 aliphatic carbocycles. The molecule has 2 rings (SSSR count). The first-order valence-corrected chi connectivity index (χ1v) is 6.68. The molecule has 1 heterocycles. The van der Waals surface area contributed by atoms with Gasteiger partial charge in [0.05, 0.1) is 0 Å². The summed E-state index contributed by atoms with van der Waals surface area (Å²) < 4.78 is 0. The van der Waals surface area contributed by atoms with E-state index in [1.54, 1.807) is 0 Å². The molecule has 1 aromatic carbocycles. The summed E-state index contributed by atoms with van der Waals surface area (Å²) in [5.74, 6) is 0. The summed E-state index contributed by atoms with van der Waals surface area (Å²) in [7, 11) is 4.07. The van der Waals surface area contributed by atoms with Gasteiger partial charge in [-0.3, -0.25) is 0 Å². The van der Waals surface area contributed by atoms with Crippen LogP contribution >= 0.6 is 0 Å². The van der Waals surface area contributed by atoms with Gasteiger partial charge in [-0.05, 0) is 44.6 Å². The monoisotopic (exact) mass is 234 g/mol. The molecule has 0 spiro atoms. The van der Waals surface area contributed by atoms with Crippen LogP contribution in [-0.2, 0) is 0 Å². The molecular weight excluding hydrogens is 208 g/mol. The average molecular weight is 234 g/mol. The number of likely N-dealkylation sites (tertiary alicyclic amines) is 1. The van der Waals surface area contributed by atoms with E-state index in [4.69, 9.17) is 0 Å². The van der Waals surface area contributed by atoms with Gasteiger partial charge in [-0.1, -0.05) is 31.5 Å². The first-order chi connectivity index (χ1) is 8.24. The van der Waals surface area contributed by atoms with Crippen LogP contribution in [0.3, 0.4) is 0 Å². The van der Waals surface area contributed by atoms with Crippen LogP contribution in [0.5, 0.6) is 0 Å². The van der Waals surface area contributed by atoms with Gasteiger partial charge in [0.25, 0.3) is 0 Å². The molecule has 1 fully saturated rings. The second-order valence-corrected chi connectivity index (χ2v) is 4.72.